The van der Waals surface area contributed by atoms with E-state index in [0.717, 1.165) is 37.5 Å². The molecule has 2 atom stereocenters. The third kappa shape index (κ3) is 7.25. The molecule has 1 N–H and O–H groups in total. The van der Waals surface area contributed by atoms with E-state index in [1.807, 2.05) is 18.2 Å². The van der Waals surface area contributed by atoms with Gasteiger partial charge in [-0.1, -0.05) is 38.1 Å². The molecule has 0 spiro atoms. The van der Waals surface area contributed by atoms with Crippen molar-refractivity contribution >= 4 is 24.8 Å². The number of hydrogen-bond donors (Lipinski definition) is 1. The van der Waals surface area contributed by atoms with Crippen molar-refractivity contribution in [2.24, 2.45) is 0 Å². The Morgan fingerprint density at radius 3 is 2.43 bits per heavy atom. The van der Waals surface area contributed by atoms with Crippen molar-refractivity contribution in [1.29, 1.82) is 0 Å². The largest absolute Gasteiger partial charge is 0.489 e. The minimum Gasteiger partial charge on any atom is -0.489 e. The molecular weight excluding hydrogens is 398 g/mol. The summed E-state index contributed by atoms with van der Waals surface area (Å²) >= 11 is 0. The van der Waals surface area contributed by atoms with Crippen LogP contribution in [-0.2, 0) is 6.61 Å². The second kappa shape index (κ2) is 12.3. The molecular formula is C22H31Cl2FN2O. The van der Waals surface area contributed by atoms with Crippen LogP contribution in [0.3, 0.4) is 0 Å². The third-order valence-electron chi connectivity index (χ3n) is 5.12. The normalized spacial score (nSPS) is 17.6. The van der Waals surface area contributed by atoms with E-state index in [1.54, 1.807) is 6.07 Å². The Kier molecular flexibility index (Phi) is 10.8. The van der Waals surface area contributed by atoms with Crippen molar-refractivity contribution in [1.82, 2.24) is 10.2 Å². The summed E-state index contributed by atoms with van der Waals surface area (Å²) in [6.07, 6.45) is 1.21. The predicted octanol–water partition coefficient (Wildman–Crippen LogP) is 5.04. The van der Waals surface area contributed by atoms with Crippen molar-refractivity contribution in [2.75, 3.05) is 26.2 Å². The average molecular weight is 429 g/mol. The summed E-state index contributed by atoms with van der Waals surface area (Å²) in [6, 6.07) is 15.5. The number of nitrogens with zero attached hydrogens (tertiary/aromatic N) is 1. The molecule has 0 aromatic heterocycles. The van der Waals surface area contributed by atoms with Crippen molar-refractivity contribution < 1.29 is 9.13 Å². The number of nitrogens with one attached hydrogen (secondary N) is 1. The van der Waals surface area contributed by atoms with Gasteiger partial charge in [-0.25, -0.2) is 4.39 Å². The van der Waals surface area contributed by atoms with Crippen LogP contribution in [0.5, 0.6) is 5.75 Å². The maximum atomic E-state index is 13.2. The number of ether oxygens (including phenoxy) is 1. The van der Waals surface area contributed by atoms with Gasteiger partial charge in [0.1, 0.15) is 18.2 Å². The SMILES string of the molecule is CCN(CC)CCN[C@@H]1C[C@H]1c1ccc(OCc2cccc(F)c2)cc1.Cl.Cl. The van der Waals surface area contributed by atoms with E-state index in [-0.39, 0.29) is 30.6 Å². The maximum absolute atomic E-state index is 13.2. The minimum absolute atomic E-state index is 0. The molecule has 0 heterocycles. The zero-order valence-corrected chi connectivity index (χ0v) is 18.2. The highest BCUT2D eigenvalue weighted by Crippen LogP contribution is 2.41. The van der Waals surface area contributed by atoms with Gasteiger partial charge in [-0.3, -0.25) is 0 Å². The number of halogens is 3. The van der Waals surface area contributed by atoms with Gasteiger partial charge in [0, 0.05) is 25.0 Å². The summed E-state index contributed by atoms with van der Waals surface area (Å²) in [5.41, 5.74) is 2.21. The molecule has 3 rings (SSSR count). The van der Waals surface area contributed by atoms with Gasteiger partial charge in [0.05, 0.1) is 0 Å². The highest BCUT2D eigenvalue weighted by atomic mass is 35.5. The Morgan fingerprint density at radius 2 is 1.79 bits per heavy atom. The minimum atomic E-state index is -0.227. The molecule has 0 bridgehead atoms. The van der Waals surface area contributed by atoms with Crippen LogP contribution in [0.2, 0.25) is 0 Å². The monoisotopic (exact) mass is 428 g/mol. The van der Waals surface area contributed by atoms with E-state index in [9.17, 15) is 4.39 Å². The molecule has 1 saturated carbocycles. The average Bonchev–Trinajstić information content (AvgIpc) is 3.44. The second-order valence-electron chi connectivity index (χ2n) is 6.92. The molecule has 156 valence electrons. The fourth-order valence-electron chi connectivity index (χ4n) is 3.34. The Morgan fingerprint density at radius 1 is 1.07 bits per heavy atom. The van der Waals surface area contributed by atoms with E-state index in [1.165, 1.54) is 24.1 Å². The fourth-order valence-corrected chi connectivity index (χ4v) is 3.34. The van der Waals surface area contributed by atoms with Gasteiger partial charge in [-0.05, 0) is 54.9 Å². The van der Waals surface area contributed by atoms with Crippen LogP contribution in [0.15, 0.2) is 48.5 Å². The van der Waals surface area contributed by atoms with E-state index < -0.39 is 0 Å². The van der Waals surface area contributed by atoms with Crippen LogP contribution in [0.4, 0.5) is 4.39 Å². The molecule has 2 aromatic rings. The molecule has 0 unspecified atom stereocenters. The Balaban J connectivity index is 0.00000196. The first-order valence-corrected chi connectivity index (χ1v) is 9.62. The van der Waals surface area contributed by atoms with Crippen molar-refractivity contribution in [3.05, 3.63) is 65.5 Å². The molecule has 0 amide bonds. The van der Waals surface area contributed by atoms with Crippen LogP contribution in [0.1, 0.15) is 37.3 Å². The van der Waals surface area contributed by atoms with Crippen LogP contribution in [-0.4, -0.2) is 37.1 Å². The molecule has 1 fully saturated rings. The summed E-state index contributed by atoms with van der Waals surface area (Å²) in [5.74, 6) is 1.21. The third-order valence-corrected chi connectivity index (χ3v) is 5.12. The van der Waals surface area contributed by atoms with Gasteiger partial charge in [-0.15, -0.1) is 24.8 Å². The van der Waals surface area contributed by atoms with Gasteiger partial charge in [0.15, 0.2) is 0 Å². The van der Waals surface area contributed by atoms with Crippen LogP contribution in [0.25, 0.3) is 0 Å². The summed E-state index contributed by atoms with van der Waals surface area (Å²) in [5, 5.41) is 3.66. The van der Waals surface area contributed by atoms with Gasteiger partial charge in [0.25, 0.3) is 0 Å². The summed E-state index contributed by atoms with van der Waals surface area (Å²) < 4.78 is 18.9. The molecule has 3 nitrogen and oxygen atoms in total. The van der Waals surface area contributed by atoms with E-state index in [2.05, 4.69) is 36.2 Å². The first kappa shape index (κ1) is 24.7. The molecule has 1 aliphatic carbocycles. The number of likely N-dealkylation sites (N-methyl/N-ethyl adjacent to an activating group) is 1. The molecule has 1 aliphatic rings. The molecule has 2 aromatic carbocycles. The molecule has 28 heavy (non-hydrogen) atoms. The zero-order chi connectivity index (χ0) is 18.4. The Labute approximate surface area is 180 Å². The first-order chi connectivity index (χ1) is 12.7. The fraction of sp³-hybridized carbons (Fsp3) is 0.455. The lowest BCUT2D eigenvalue weighted by Gasteiger charge is -2.18. The Hall–Kier alpha value is -1.33. The number of benzene rings is 2. The molecule has 0 aliphatic heterocycles. The lowest BCUT2D eigenvalue weighted by molar-refractivity contribution is 0.302. The van der Waals surface area contributed by atoms with Gasteiger partial charge in [0.2, 0.25) is 0 Å². The lowest BCUT2D eigenvalue weighted by Crippen LogP contribution is -2.33. The lowest BCUT2D eigenvalue weighted by atomic mass is 10.1. The van der Waals surface area contributed by atoms with Crippen molar-refractivity contribution in [2.45, 2.75) is 38.8 Å². The summed E-state index contributed by atoms with van der Waals surface area (Å²) in [7, 11) is 0. The van der Waals surface area contributed by atoms with Gasteiger partial charge in [-0.2, -0.15) is 0 Å². The highest BCUT2D eigenvalue weighted by molar-refractivity contribution is 5.85. The highest BCUT2D eigenvalue weighted by Gasteiger charge is 2.37. The standard InChI is InChI=1S/C22H29FN2O.2ClH/c1-3-25(4-2)13-12-24-22-15-21(22)18-8-10-20(11-9-18)26-16-17-6-5-7-19(23)14-17;;/h5-11,14,21-22,24H,3-4,12-13,15-16H2,1-2H3;2*1H/t21-,22+;;/m0../s1. The topological polar surface area (TPSA) is 24.5 Å². The second-order valence-corrected chi connectivity index (χ2v) is 6.92. The maximum Gasteiger partial charge on any atom is 0.123 e. The quantitative estimate of drug-likeness (QED) is 0.573. The zero-order valence-electron chi connectivity index (χ0n) is 16.6. The van der Waals surface area contributed by atoms with Crippen LogP contribution < -0.4 is 10.1 Å². The van der Waals surface area contributed by atoms with E-state index in [0.29, 0.717) is 18.6 Å². The molecule has 0 saturated heterocycles. The summed E-state index contributed by atoms with van der Waals surface area (Å²) in [6.45, 7) is 9.20. The van der Waals surface area contributed by atoms with Crippen molar-refractivity contribution in [3.8, 4) is 5.75 Å². The molecule has 0 radical (unpaired) electrons. The smallest absolute Gasteiger partial charge is 0.123 e. The first-order valence-electron chi connectivity index (χ1n) is 9.62. The van der Waals surface area contributed by atoms with Crippen LogP contribution >= 0.6 is 24.8 Å². The summed E-state index contributed by atoms with van der Waals surface area (Å²) in [4.78, 5) is 2.44. The molecule has 6 heteroatoms. The Bertz CT molecular complexity index is 695. The predicted molar refractivity (Wildman–Crippen MR) is 119 cm³/mol. The van der Waals surface area contributed by atoms with Crippen LogP contribution in [0, 0.1) is 5.82 Å². The number of hydrogen-bond acceptors (Lipinski definition) is 3. The van der Waals surface area contributed by atoms with Gasteiger partial charge < -0.3 is 15.0 Å². The van der Waals surface area contributed by atoms with E-state index in [4.69, 9.17) is 4.74 Å². The van der Waals surface area contributed by atoms with Gasteiger partial charge >= 0.3 is 0 Å². The number of rotatable bonds is 10. The van der Waals surface area contributed by atoms with E-state index >= 15 is 0 Å². The van der Waals surface area contributed by atoms with Crippen molar-refractivity contribution in [3.63, 3.8) is 0 Å².